The van der Waals surface area contributed by atoms with Crippen molar-refractivity contribution >= 4 is 49.8 Å². The lowest BCUT2D eigenvalue weighted by molar-refractivity contribution is 0.669. The Morgan fingerprint density at radius 3 is 1.41 bits per heavy atom. The lowest BCUT2D eigenvalue weighted by Gasteiger charge is -2.35. The monoisotopic (exact) mass is 865 g/mol. The quantitative estimate of drug-likeness (QED) is 0.159. The Morgan fingerprint density at radius 1 is 0.294 bits per heavy atom. The molecule has 1 aromatic heterocycles. The number of hydrogen-bond donors (Lipinski definition) is 0. The van der Waals surface area contributed by atoms with Crippen molar-refractivity contribution in [3.63, 3.8) is 0 Å². The third kappa shape index (κ3) is 5.34. The predicted molar refractivity (Wildman–Crippen MR) is 281 cm³/mol. The molecule has 0 amide bonds. The van der Waals surface area contributed by atoms with Crippen LogP contribution in [0.1, 0.15) is 44.5 Å². The molecular formula is C66H43NO. The summed E-state index contributed by atoms with van der Waals surface area (Å²) in [5.41, 5.74) is 19.0. The minimum Gasteiger partial charge on any atom is -0.454 e. The van der Waals surface area contributed by atoms with Gasteiger partial charge in [0.05, 0.1) is 16.5 Å². The van der Waals surface area contributed by atoms with E-state index in [4.69, 9.17) is 4.42 Å². The zero-order valence-electron chi connectivity index (χ0n) is 37.2. The molecule has 12 aromatic rings. The van der Waals surface area contributed by atoms with E-state index >= 15 is 0 Å². The number of rotatable bonds is 7. The van der Waals surface area contributed by atoms with Crippen molar-refractivity contribution in [3.8, 4) is 22.3 Å². The highest BCUT2D eigenvalue weighted by atomic mass is 16.3. The second-order valence-corrected chi connectivity index (χ2v) is 18.3. The fourth-order valence-electron chi connectivity index (χ4n) is 12.2. The van der Waals surface area contributed by atoms with Crippen LogP contribution in [0.15, 0.2) is 265 Å². The molecule has 2 heteroatoms. The molecule has 0 bridgehead atoms. The van der Waals surface area contributed by atoms with Gasteiger partial charge in [0.1, 0.15) is 5.58 Å². The van der Waals surface area contributed by atoms with Gasteiger partial charge in [-0.1, -0.05) is 200 Å². The number of hydrogen-bond acceptors (Lipinski definition) is 2. The highest BCUT2D eigenvalue weighted by Gasteiger charge is 2.51. The van der Waals surface area contributed by atoms with Gasteiger partial charge in [0.15, 0.2) is 5.58 Å². The first-order valence-corrected chi connectivity index (χ1v) is 23.6. The van der Waals surface area contributed by atoms with Crippen LogP contribution in [0.3, 0.4) is 0 Å². The maximum Gasteiger partial charge on any atom is 0.159 e. The van der Waals surface area contributed by atoms with Crippen LogP contribution in [0.2, 0.25) is 0 Å². The van der Waals surface area contributed by atoms with E-state index in [1.807, 2.05) is 6.07 Å². The summed E-state index contributed by atoms with van der Waals surface area (Å²) < 4.78 is 6.70. The van der Waals surface area contributed by atoms with Crippen LogP contribution in [0, 0.1) is 0 Å². The number of para-hydroxylation sites is 3. The van der Waals surface area contributed by atoms with Crippen LogP contribution >= 0.6 is 0 Å². The van der Waals surface area contributed by atoms with Crippen molar-refractivity contribution in [2.24, 2.45) is 0 Å². The molecule has 0 unspecified atom stereocenters. The van der Waals surface area contributed by atoms with Crippen LogP contribution in [0.5, 0.6) is 0 Å². The molecule has 318 valence electrons. The summed E-state index contributed by atoms with van der Waals surface area (Å²) in [5.74, 6) is 0. The molecule has 0 spiro atoms. The Labute approximate surface area is 395 Å². The lowest BCUT2D eigenvalue weighted by atomic mass is 9.66. The summed E-state index contributed by atoms with van der Waals surface area (Å²) in [4.78, 5) is 2.35. The normalized spacial score (nSPS) is 13.8. The van der Waals surface area contributed by atoms with E-state index in [0.29, 0.717) is 0 Å². The van der Waals surface area contributed by atoms with Gasteiger partial charge in [0, 0.05) is 22.1 Å². The number of furan rings is 1. The van der Waals surface area contributed by atoms with E-state index < -0.39 is 10.8 Å². The van der Waals surface area contributed by atoms with Gasteiger partial charge in [-0.05, 0) is 138 Å². The van der Waals surface area contributed by atoms with E-state index in [-0.39, 0.29) is 0 Å². The fraction of sp³-hybridized carbons (Fsp3) is 0.0303. The van der Waals surface area contributed by atoms with Gasteiger partial charge in [-0.25, -0.2) is 0 Å². The predicted octanol–water partition coefficient (Wildman–Crippen LogP) is 16.9. The second-order valence-electron chi connectivity index (χ2n) is 18.3. The molecule has 0 N–H and O–H groups in total. The Hall–Kier alpha value is -8.72. The molecule has 2 nitrogen and oxygen atoms in total. The van der Waals surface area contributed by atoms with Gasteiger partial charge in [-0.15, -0.1) is 0 Å². The summed E-state index contributed by atoms with van der Waals surface area (Å²) in [7, 11) is 0. The Kier molecular flexibility index (Phi) is 8.45. The largest absolute Gasteiger partial charge is 0.454 e. The molecule has 0 fully saturated rings. The van der Waals surface area contributed by atoms with E-state index in [0.717, 1.165) is 39.0 Å². The topological polar surface area (TPSA) is 16.4 Å². The molecule has 0 saturated heterocycles. The first kappa shape index (κ1) is 38.5. The molecule has 0 aliphatic heterocycles. The van der Waals surface area contributed by atoms with Gasteiger partial charge < -0.3 is 9.32 Å². The molecule has 0 saturated carbocycles. The summed E-state index contributed by atoms with van der Waals surface area (Å²) >= 11 is 0. The molecule has 2 aliphatic carbocycles. The standard InChI is InChI=1S/C66H43NO/c1-6-21-46(22-7-1)65(47-23-8-2-9-24-47)58-34-18-16-31-52(58)56-42-61-57(43-60(56)65)55-40-44-37-38-51(39-45(44)41-59(55)66(61,48-25-10-3-11-26-48)49-27-12-4-13-28-49)67(50-29-14-5-15-30-50)62-35-20-33-54-53-32-17-19-36-63(53)68-64(54)62/h1-43H. The lowest BCUT2D eigenvalue weighted by Crippen LogP contribution is -2.29. The minimum atomic E-state index is -0.620. The number of nitrogens with zero attached hydrogens (tertiary/aromatic N) is 1. The third-order valence-corrected chi connectivity index (χ3v) is 15.0. The Morgan fingerprint density at radius 2 is 0.779 bits per heavy atom. The first-order chi connectivity index (χ1) is 33.7. The van der Waals surface area contributed by atoms with Crippen molar-refractivity contribution < 1.29 is 4.42 Å². The highest BCUT2D eigenvalue weighted by molar-refractivity contribution is 6.10. The Balaban J connectivity index is 1.06. The van der Waals surface area contributed by atoms with Crippen molar-refractivity contribution in [3.05, 3.63) is 305 Å². The van der Waals surface area contributed by atoms with Crippen molar-refractivity contribution in [2.45, 2.75) is 10.8 Å². The van der Waals surface area contributed by atoms with Gasteiger partial charge in [-0.3, -0.25) is 0 Å². The molecule has 0 atom stereocenters. The van der Waals surface area contributed by atoms with E-state index in [1.54, 1.807) is 0 Å². The average molecular weight is 866 g/mol. The molecule has 1 heterocycles. The van der Waals surface area contributed by atoms with Crippen molar-refractivity contribution in [1.29, 1.82) is 0 Å². The molecule has 0 radical (unpaired) electrons. The van der Waals surface area contributed by atoms with Crippen LogP contribution in [-0.4, -0.2) is 0 Å². The number of benzene rings is 11. The highest BCUT2D eigenvalue weighted by Crippen LogP contribution is 2.63. The number of fused-ring (bicyclic) bond motifs is 10. The number of anilines is 3. The third-order valence-electron chi connectivity index (χ3n) is 15.0. The average Bonchev–Trinajstić information content (AvgIpc) is 4.03. The maximum absolute atomic E-state index is 6.70. The summed E-state index contributed by atoms with van der Waals surface area (Å²) in [6.45, 7) is 0. The molecule has 14 rings (SSSR count). The van der Waals surface area contributed by atoms with Gasteiger partial charge in [-0.2, -0.15) is 0 Å². The molecular weight excluding hydrogens is 823 g/mol. The zero-order chi connectivity index (χ0) is 44.8. The van der Waals surface area contributed by atoms with Crippen LogP contribution < -0.4 is 4.90 Å². The first-order valence-electron chi connectivity index (χ1n) is 23.6. The molecule has 11 aromatic carbocycles. The van der Waals surface area contributed by atoms with E-state index in [2.05, 4.69) is 260 Å². The second kappa shape index (κ2) is 14.9. The van der Waals surface area contributed by atoms with Crippen LogP contribution in [0.4, 0.5) is 17.1 Å². The fourth-order valence-corrected chi connectivity index (χ4v) is 12.2. The SMILES string of the molecule is c1ccc(N(c2ccc3cc4c(cc3c2)C(c2ccccc2)(c2ccccc2)c2cc3c(cc2-4)C(c2ccccc2)(c2ccccc2)c2ccccc2-3)c2cccc3c2oc2ccccc23)cc1. The molecule has 2 aliphatic rings. The van der Waals surface area contributed by atoms with Crippen molar-refractivity contribution in [1.82, 2.24) is 0 Å². The van der Waals surface area contributed by atoms with Gasteiger partial charge >= 0.3 is 0 Å². The summed E-state index contributed by atoms with van der Waals surface area (Å²) in [6.07, 6.45) is 0. The van der Waals surface area contributed by atoms with E-state index in [9.17, 15) is 0 Å². The minimum absolute atomic E-state index is 0.524. The van der Waals surface area contributed by atoms with Gasteiger partial charge in [0.2, 0.25) is 0 Å². The molecule has 68 heavy (non-hydrogen) atoms. The van der Waals surface area contributed by atoms with Crippen molar-refractivity contribution in [2.75, 3.05) is 4.90 Å². The summed E-state index contributed by atoms with van der Waals surface area (Å²) in [5, 5.41) is 4.57. The van der Waals surface area contributed by atoms with Gasteiger partial charge in [0.25, 0.3) is 0 Å². The maximum atomic E-state index is 6.70. The van der Waals surface area contributed by atoms with Crippen LogP contribution in [-0.2, 0) is 10.8 Å². The summed E-state index contributed by atoms with van der Waals surface area (Å²) in [6, 6.07) is 96.4. The van der Waals surface area contributed by atoms with E-state index in [1.165, 1.54) is 77.5 Å². The Bertz CT molecular complexity index is 3820. The van der Waals surface area contributed by atoms with Crippen LogP contribution in [0.25, 0.3) is 55.0 Å². The zero-order valence-corrected chi connectivity index (χ0v) is 37.2. The smallest absolute Gasteiger partial charge is 0.159 e.